The third-order valence-electron chi connectivity index (χ3n) is 1.91. The lowest BCUT2D eigenvalue weighted by atomic mass is 10.1. The molecule has 0 aliphatic rings. The summed E-state index contributed by atoms with van der Waals surface area (Å²) < 4.78 is 10.3. The van der Waals surface area contributed by atoms with Gasteiger partial charge in [0.1, 0.15) is 11.5 Å². The van der Waals surface area contributed by atoms with Crippen LogP contribution in [0.15, 0.2) is 18.2 Å². The summed E-state index contributed by atoms with van der Waals surface area (Å²) in [5, 5.41) is 0. The van der Waals surface area contributed by atoms with Crippen LogP contribution >= 0.6 is 0 Å². The highest BCUT2D eigenvalue weighted by molar-refractivity contribution is 5.40. The molecule has 0 aliphatic heterocycles. The first kappa shape index (κ1) is 9.86. The fourth-order valence-electron chi connectivity index (χ4n) is 1.21. The quantitative estimate of drug-likeness (QED) is 0.759. The number of rotatable bonds is 4. The highest BCUT2D eigenvalue weighted by atomic mass is 16.5. The van der Waals surface area contributed by atoms with Gasteiger partial charge in [-0.15, -0.1) is 0 Å². The zero-order valence-corrected chi connectivity index (χ0v) is 8.04. The second-order valence-electron chi connectivity index (χ2n) is 2.72. The number of nitrogens with two attached hydrogens (primary N) is 1. The molecule has 1 aromatic rings. The third kappa shape index (κ3) is 2.36. The van der Waals surface area contributed by atoms with Crippen LogP contribution in [0.4, 0.5) is 0 Å². The summed E-state index contributed by atoms with van der Waals surface area (Å²) in [5.41, 5.74) is 6.58. The average molecular weight is 181 g/mol. The Morgan fingerprint density at radius 3 is 2.54 bits per heavy atom. The molecule has 1 aromatic carbocycles. The molecule has 2 N–H and O–H groups in total. The molecule has 0 fully saturated rings. The summed E-state index contributed by atoms with van der Waals surface area (Å²) in [6, 6.07) is 5.75. The Morgan fingerprint density at radius 2 is 2.00 bits per heavy atom. The molecular formula is C10H15NO2. The van der Waals surface area contributed by atoms with Crippen molar-refractivity contribution in [3.63, 3.8) is 0 Å². The van der Waals surface area contributed by atoms with Crippen LogP contribution in [0.2, 0.25) is 0 Å². The molecule has 0 amide bonds. The molecule has 72 valence electrons. The first-order valence-electron chi connectivity index (χ1n) is 4.22. The predicted molar refractivity (Wildman–Crippen MR) is 52.3 cm³/mol. The van der Waals surface area contributed by atoms with Crippen LogP contribution in [-0.2, 0) is 6.42 Å². The first-order chi connectivity index (χ1) is 6.31. The zero-order valence-electron chi connectivity index (χ0n) is 8.04. The van der Waals surface area contributed by atoms with Gasteiger partial charge in [0.25, 0.3) is 0 Å². The Labute approximate surface area is 78.5 Å². The zero-order chi connectivity index (χ0) is 9.68. The Balaban J connectivity index is 2.93. The van der Waals surface area contributed by atoms with Gasteiger partial charge in [-0.25, -0.2) is 0 Å². The predicted octanol–water partition coefficient (Wildman–Crippen LogP) is 1.21. The molecule has 0 saturated carbocycles. The summed E-state index contributed by atoms with van der Waals surface area (Å²) in [4.78, 5) is 0. The van der Waals surface area contributed by atoms with E-state index in [-0.39, 0.29) is 0 Å². The van der Waals surface area contributed by atoms with Crippen molar-refractivity contribution < 1.29 is 9.47 Å². The molecule has 0 heterocycles. The van der Waals surface area contributed by atoms with Crippen molar-refractivity contribution in [1.29, 1.82) is 0 Å². The molecule has 13 heavy (non-hydrogen) atoms. The van der Waals surface area contributed by atoms with Crippen LogP contribution in [0.5, 0.6) is 11.5 Å². The number of hydrogen-bond acceptors (Lipinski definition) is 3. The minimum absolute atomic E-state index is 0.628. The van der Waals surface area contributed by atoms with E-state index in [2.05, 4.69) is 0 Å². The van der Waals surface area contributed by atoms with Crippen LogP contribution < -0.4 is 15.2 Å². The van der Waals surface area contributed by atoms with Crippen LogP contribution in [0.1, 0.15) is 5.56 Å². The Kier molecular flexibility index (Phi) is 3.58. The molecule has 3 heteroatoms. The molecule has 0 saturated heterocycles. The minimum Gasteiger partial charge on any atom is -0.497 e. The van der Waals surface area contributed by atoms with Gasteiger partial charge in [0.05, 0.1) is 14.2 Å². The lowest BCUT2D eigenvalue weighted by Gasteiger charge is -2.08. The maximum Gasteiger partial charge on any atom is 0.125 e. The number of methoxy groups -OCH3 is 2. The second kappa shape index (κ2) is 4.72. The molecular weight excluding hydrogens is 166 g/mol. The molecule has 0 aromatic heterocycles. The van der Waals surface area contributed by atoms with Crippen molar-refractivity contribution in [3.05, 3.63) is 23.8 Å². The van der Waals surface area contributed by atoms with Crippen molar-refractivity contribution in [2.45, 2.75) is 6.42 Å². The fraction of sp³-hybridized carbons (Fsp3) is 0.400. The Hall–Kier alpha value is -1.22. The molecule has 0 atom stereocenters. The van der Waals surface area contributed by atoms with Gasteiger partial charge in [-0.05, 0) is 24.6 Å². The SMILES string of the molecule is COc1ccc(CCN)c(OC)c1. The molecule has 0 spiro atoms. The first-order valence-corrected chi connectivity index (χ1v) is 4.22. The van der Waals surface area contributed by atoms with Crippen LogP contribution in [0, 0.1) is 0 Å². The van der Waals surface area contributed by atoms with Crippen molar-refractivity contribution in [2.24, 2.45) is 5.73 Å². The van der Waals surface area contributed by atoms with Gasteiger partial charge in [-0.1, -0.05) is 6.07 Å². The van der Waals surface area contributed by atoms with Gasteiger partial charge in [-0.3, -0.25) is 0 Å². The van der Waals surface area contributed by atoms with Gasteiger partial charge >= 0.3 is 0 Å². The normalized spacial score (nSPS) is 9.77. The summed E-state index contributed by atoms with van der Waals surface area (Å²) >= 11 is 0. The fourth-order valence-corrected chi connectivity index (χ4v) is 1.21. The summed E-state index contributed by atoms with van der Waals surface area (Å²) in [7, 11) is 3.28. The van der Waals surface area contributed by atoms with Gasteiger partial charge in [0.15, 0.2) is 0 Å². The van der Waals surface area contributed by atoms with E-state index in [9.17, 15) is 0 Å². The largest absolute Gasteiger partial charge is 0.497 e. The topological polar surface area (TPSA) is 44.5 Å². The van der Waals surface area contributed by atoms with Crippen LogP contribution in [-0.4, -0.2) is 20.8 Å². The molecule has 0 unspecified atom stereocenters. The van der Waals surface area contributed by atoms with Gasteiger partial charge in [0.2, 0.25) is 0 Å². The smallest absolute Gasteiger partial charge is 0.125 e. The van der Waals surface area contributed by atoms with Crippen molar-refractivity contribution in [2.75, 3.05) is 20.8 Å². The summed E-state index contributed by atoms with van der Waals surface area (Å²) in [5.74, 6) is 1.64. The summed E-state index contributed by atoms with van der Waals surface area (Å²) in [6.07, 6.45) is 0.827. The second-order valence-corrected chi connectivity index (χ2v) is 2.72. The molecule has 0 radical (unpaired) electrons. The molecule has 0 aliphatic carbocycles. The number of benzene rings is 1. The lowest BCUT2D eigenvalue weighted by Crippen LogP contribution is -2.04. The Bertz CT molecular complexity index is 274. The van der Waals surface area contributed by atoms with E-state index in [4.69, 9.17) is 15.2 Å². The standard InChI is InChI=1S/C10H15NO2/c1-12-9-4-3-8(5-6-11)10(7-9)13-2/h3-4,7H,5-6,11H2,1-2H3. The summed E-state index contributed by atoms with van der Waals surface area (Å²) in [6.45, 7) is 0.628. The van der Waals surface area contributed by atoms with E-state index in [1.165, 1.54) is 0 Å². The Morgan fingerprint density at radius 1 is 1.23 bits per heavy atom. The highest BCUT2D eigenvalue weighted by Crippen LogP contribution is 2.24. The van der Waals surface area contributed by atoms with Gasteiger partial charge in [0, 0.05) is 6.07 Å². The van der Waals surface area contributed by atoms with E-state index < -0.39 is 0 Å². The lowest BCUT2D eigenvalue weighted by molar-refractivity contribution is 0.391. The molecule has 3 nitrogen and oxygen atoms in total. The maximum atomic E-state index is 5.47. The average Bonchev–Trinajstić information content (AvgIpc) is 2.19. The molecule has 1 rings (SSSR count). The highest BCUT2D eigenvalue weighted by Gasteiger charge is 2.03. The van der Waals surface area contributed by atoms with Crippen molar-refractivity contribution in [3.8, 4) is 11.5 Å². The minimum atomic E-state index is 0.628. The van der Waals surface area contributed by atoms with E-state index in [1.54, 1.807) is 14.2 Å². The maximum absolute atomic E-state index is 5.47. The molecule has 0 bridgehead atoms. The van der Waals surface area contributed by atoms with E-state index in [0.717, 1.165) is 23.5 Å². The van der Waals surface area contributed by atoms with Crippen molar-refractivity contribution >= 4 is 0 Å². The van der Waals surface area contributed by atoms with Gasteiger partial charge in [-0.2, -0.15) is 0 Å². The van der Waals surface area contributed by atoms with Crippen LogP contribution in [0.25, 0.3) is 0 Å². The van der Waals surface area contributed by atoms with E-state index in [0.29, 0.717) is 6.54 Å². The van der Waals surface area contributed by atoms with E-state index >= 15 is 0 Å². The number of hydrogen-bond donors (Lipinski definition) is 1. The van der Waals surface area contributed by atoms with Gasteiger partial charge < -0.3 is 15.2 Å². The van der Waals surface area contributed by atoms with E-state index in [1.807, 2.05) is 18.2 Å². The number of ether oxygens (including phenoxy) is 2. The van der Waals surface area contributed by atoms with Crippen LogP contribution in [0.3, 0.4) is 0 Å². The third-order valence-corrected chi connectivity index (χ3v) is 1.91. The van der Waals surface area contributed by atoms with Crippen molar-refractivity contribution in [1.82, 2.24) is 0 Å². The monoisotopic (exact) mass is 181 g/mol.